The van der Waals surface area contributed by atoms with Gasteiger partial charge in [-0.3, -0.25) is 4.79 Å². The molecule has 0 saturated carbocycles. The Balaban J connectivity index is 2.04. The lowest BCUT2D eigenvalue weighted by Crippen LogP contribution is -2.24. The van der Waals surface area contributed by atoms with Gasteiger partial charge in [-0.05, 0) is 13.3 Å². The van der Waals surface area contributed by atoms with E-state index < -0.39 is 6.10 Å². The average Bonchev–Trinajstić information content (AvgIpc) is 2.85. The molecule has 7 nitrogen and oxygen atoms in total. The molecular formula is C9H14N4O3. The van der Waals surface area contributed by atoms with Crippen molar-refractivity contribution in [1.82, 2.24) is 20.8 Å². The summed E-state index contributed by atoms with van der Waals surface area (Å²) in [6.45, 7) is 2.83. The number of nitrogens with one attached hydrogen (secondary N) is 2. The number of nitrogens with zero attached hydrogens (tertiary/aromatic N) is 2. The SMILES string of the molecule is CCNC(=O)c1noc([C@H]2C[C@H](O)CN2)n1. The summed E-state index contributed by atoms with van der Waals surface area (Å²) >= 11 is 0. The van der Waals surface area contributed by atoms with E-state index in [4.69, 9.17) is 4.52 Å². The Hall–Kier alpha value is -1.47. The minimum absolute atomic E-state index is 0.0278. The summed E-state index contributed by atoms with van der Waals surface area (Å²) < 4.78 is 4.97. The molecule has 1 aliphatic heterocycles. The van der Waals surface area contributed by atoms with Crippen LogP contribution in [0.1, 0.15) is 35.9 Å². The van der Waals surface area contributed by atoms with Crippen molar-refractivity contribution in [3.8, 4) is 0 Å². The highest BCUT2D eigenvalue weighted by Crippen LogP contribution is 2.21. The molecule has 2 rings (SSSR count). The number of aliphatic hydroxyl groups excluding tert-OH is 1. The molecule has 16 heavy (non-hydrogen) atoms. The molecule has 2 heterocycles. The van der Waals surface area contributed by atoms with E-state index in [1.165, 1.54) is 0 Å². The van der Waals surface area contributed by atoms with Crippen molar-refractivity contribution in [1.29, 1.82) is 0 Å². The molecule has 0 aromatic carbocycles. The maximum atomic E-state index is 11.4. The van der Waals surface area contributed by atoms with Gasteiger partial charge in [-0.2, -0.15) is 4.98 Å². The Labute approximate surface area is 92.2 Å². The molecule has 0 bridgehead atoms. The highest BCUT2D eigenvalue weighted by atomic mass is 16.5. The number of aromatic nitrogens is 2. The molecular weight excluding hydrogens is 212 g/mol. The number of carbonyl (C=O) groups is 1. The van der Waals surface area contributed by atoms with Gasteiger partial charge in [0.2, 0.25) is 5.89 Å². The molecule has 0 radical (unpaired) electrons. The van der Waals surface area contributed by atoms with E-state index in [1.807, 2.05) is 6.92 Å². The average molecular weight is 226 g/mol. The molecule has 0 aliphatic carbocycles. The van der Waals surface area contributed by atoms with Crippen molar-refractivity contribution >= 4 is 5.91 Å². The third-order valence-corrected chi connectivity index (χ3v) is 2.39. The molecule has 1 amide bonds. The molecule has 88 valence electrons. The van der Waals surface area contributed by atoms with Crippen LogP contribution in [-0.2, 0) is 0 Å². The second-order valence-corrected chi connectivity index (χ2v) is 3.67. The number of carbonyl (C=O) groups excluding carboxylic acids is 1. The van der Waals surface area contributed by atoms with Crippen LogP contribution in [-0.4, -0.2) is 40.3 Å². The maximum Gasteiger partial charge on any atom is 0.292 e. The standard InChI is InChI=1S/C9H14N4O3/c1-2-10-8(15)7-12-9(16-13-7)6-3-5(14)4-11-6/h5-6,11,14H,2-4H2,1H3,(H,10,15)/t5-,6+/m0/s1. The van der Waals surface area contributed by atoms with E-state index in [2.05, 4.69) is 20.8 Å². The van der Waals surface area contributed by atoms with E-state index in [0.717, 1.165) is 0 Å². The predicted octanol–water partition coefficient (Wildman–Crippen LogP) is -0.785. The molecule has 7 heteroatoms. The molecule has 1 aliphatic rings. The monoisotopic (exact) mass is 226 g/mol. The lowest BCUT2D eigenvalue weighted by Gasteiger charge is -2.01. The largest absolute Gasteiger partial charge is 0.392 e. The number of aliphatic hydroxyl groups is 1. The Kier molecular flexibility index (Phi) is 3.16. The van der Waals surface area contributed by atoms with Crippen LogP contribution in [0.4, 0.5) is 0 Å². The number of rotatable bonds is 3. The summed E-state index contributed by atoms with van der Waals surface area (Å²) in [7, 11) is 0. The normalized spacial score (nSPS) is 24.6. The van der Waals surface area contributed by atoms with Crippen molar-refractivity contribution < 1.29 is 14.4 Å². The Morgan fingerprint density at radius 1 is 1.75 bits per heavy atom. The minimum atomic E-state index is -0.398. The zero-order valence-electron chi connectivity index (χ0n) is 8.93. The van der Waals surface area contributed by atoms with Crippen LogP contribution in [0.3, 0.4) is 0 Å². The van der Waals surface area contributed by atoms with Crippen LogP contribution in [0, 0.1) is 0 Å². The highest BCUT2D eigenvalue weighted by molar-refractivity contribution is 5.90. The first-order valence-electron chi connectivity index (χ1n) is 5.24. The van der Waals surface area contributed by atoms with Crippen LogP contribution >= 0.6 is 0 Å². The molecule has 1 aromatic rings. The fourth-order valence-corrected chi connectivity index (χ4v) is 1.61. The van der Waals surface area contributed by atoms with Crippen LogP contribution in [0.15, 0.2) is 4.52 Å². The van der Waals surface area contributed by atoms with Gasteiger partial charge in [0.1, 0.15) is 0 Å². The van der Waals surface area contributed by atoms with Gasteiger partial charge in [0, 0.05) is 13.1 Å². The molecule has 1 aromatic heterocycles. The van der Waals surface area contributed by atoms with Gasteiger partial charge in [0.25, 0.3) is 11.7 Å². The molecule has 2 atom stereocenters. The molecule has 1 saturated heterocycles. The third-order valence-electron chi connectivity index (χ3n) is 2.39. The summed E-state index contributed by atoms with van der Waals surface area (Å²) in [6.07, 6.45) is 0.127. The number of amides is 1. The van der Waals surface area contributed by atoms with Gasteiger partial charge >= 0.3 is 0 Å². The molecule has 0 spiro atoms. The van der Waals surface area contributed by atoms with Gasteiger partial charge in [-0.25, -0.2) is 0 Å². The van der Waals surface area contributed by atoms with Gasteiger partial charge in [-0.15, -0.1) is 0 Å². The topological polar surface area (TPSA) is 100 Å². The summed E-state index contributed by atoms with van der Waals surface area (Å²) in [5, 5.41) is 18.5. The van der Waals surface area contributed by atoms with E-state index >= 15 is 0 Å². The van der Waals surface area contributed by atoms with E-state index in [1.54, 1.807) is 0 Å². The van der Waals surface area contributed by atoms with Crippen molar-refractivity contribution in [2.75, 3.05) is 13.1 Å². The quantitative estimate of drug-likeness (QED) is 0.624. The first-order chi connectivity index (χ1) is 7.70. The fraction of sp³-hybridized carbons (Fsp3) is 0.667. The fourth-order valence-electron chi connectivity index (χ4n) is 1.61. The Morgan fingerprint density at radius 2 is 2.56 bits per heavy atom. The van der Waals surface area contributed by atoms with Gasteiger partial charge in [-0.1, -0.05) is 5.16 Å². The predicted molar refractivity (Wildman–Crippen MR) is 53.7 cm³/mol. The zero-order chi connectivity index (χ0) is 11.5. The summed E-state index contributed by atoms with van der Waals surface area (Å²) in [4.78, 5) is 15.4. The van der Waals surface area contributed by atoms with Gasteiger partial charge < -0.3 is 20.3 Å². The second kappa shape index (κ2) is 4.58. The van der Waals surface area contributed by atoms with Crippen LogP contribution in [0.25, 0.3) is 0 Å². The highest BCUT2D eigenvalue weighted by Gasteiger charge is 2.28. The Bertz CT molecular complexity index is 379. The van der Waals surface area contributed by atoms with Crippen LogP contribution in [0.5, 0.6) is 0 Å². The number of hydrogen-bond donors (Lipinski definition) is 3. The first-order valence-corrected chi connectivity index (χ1v) is 5.24. The maximum absolute atomic E-state index is 11.4. The van der Waals surface area contributed by atoms with Crippen molar-refractivity contribution in [3.63, 3.8) is 0 Å². The lowest BCUT2D eigenvalue weighted by molar-refractivity contribution is 0.0942. The summed E-state index contributed by atoms with van der Waals surface area (Å²) in [5.41, 5.74) is 0. The summed E-state index contributed by atoms with van der Waals surface area (Å²) in [6, 6.07) is -0.161. The van der Waals surface area contributed by atoms with Crippen molar-refractivity contribution in [2.24, 2.45) is 0 Å². The molecule has 1 fully saturated rings. The van der Waals surface area contributed by atoms with Crippen LogP contribution < -0.4 is 10.6 Å². The smallest absolute Gasteiger partial charge is 0.292 e. The Morgan fingerprint density at radius 3 is 3.19 bits per heavy atom. The molecule has 0 unspecified atom stereocenters. The zero-order valence-corrected chi connectivity index (χ0v) is 8.93. The second-order valence-electron chi connectivity index (χ2n) is 3.67. The van der Waals surface area contributed by atoms with Crippen LogP contribution in [0.2, 0.25) is 0 Å². The van der Waals surface area contributed by atoms with Gasteiger partial charge in [0.15, 0.2) is 0 Å². The van der Waals surface area contributed by atoms with E-state index in [9.17, 15) is 9.90 Å². The summed E-state index contributed by atoms with van der Waals surface area (Å²) in [5.74, 6) is 0.0221. The minimum Gasteiger partial charge on any atom is -0.392 e. The van der Waals surface area contributed by atoms with E-state index in [0.29, 0.717) is 25.4 Å². The molecule has 3 N–H and O–H groups in total. The third kappa shape index (κ3) is 2.20. The number of β-amino-alcohol motifs (C(OH)–C–C–N with tert-alkyl or cyclic N) is 1. The van der Waals surface area contributed by atoms with Crippen molar-refractivity contribution in [2.45, 2.75) is 25.5 Å². The van der Waals surface area contributed by atoms with E-state index in [-0.39, 0.29) is 17.8 Å². The van der Waals surface area contributed by atoms with Gasteiger partial charge in [0.05, 0.1) is 12.1 Å². The van der Waals surface area contributed by atoms with Crippen molar-refractivity contribution in [3.05, 3.63) is 11.7 Å². The number of hydrogen-bond acceptors (Lipinski definition) is 6. The first kappa shape index (κ1) is 11.0. The lowest BCUT2D eigenvalue weighted by atomic mass is 10.2.